The van der Waals surface area contributed by atoms with E-state index in [4.69, 9.17) is 19.2 Å². The first-order valence-corrected chi connectivity index (χ1v) is 10.1. The smallest absolute Gasteiger partial charge is 0.270 e. The highest BCUT2D eigenvalue weighted by Crippen LogP contribution is 2.33. The van der Waals surface area contributed by atoms with Crippen molar-refractivity contribution in [1.82, 2.24) is 15.3 Å². The zero-order valence-corrected chi connectivity index (χ0v) is 16.4. The molecule has 1 atom stereocenters. The molecule has 0 spiro atoms. The lowest BCUT2D eigenvalue weighted by atomic mass is 10.0. The van der Waals surface area contributed by atoms with Gasteiger partial charge < -0.3 is 24.4 Å². The van der Waals surface area contributed by atoms with Crippen LogP contribution < -0.4 is 19.7 Å². The molecule has 1 N–H and O–H groups in total. The SMILES string of the molecule is CCC1CN(c2nc(Cc3ccc4c(c3)OCO4)nc3c2CCNC3=O)CCO1. The van der Waals surface area contributed by atoms with Crippen LogP contribution in [0.25, 0.3) is 0 Å². The second-order valence-electron chi connectivity index (χ2n) is 7.51. The van der Waals surface area contributed by atoms with Crippen LogP contribution in [0.3, 0.4) is 0 Å². The Balaban J connectivity index is 1.50. The van der Waals surface area contributed by atoms with Crippen molar-refractivity contribution in [1.29, 1.82) is 0 Å². The van der Waals surface area contributed by atoms with Crippen LogP contribution in [0, 0.1) is 0 Å². The van der Waals surface area contributed by atoms with Crippen LogP contribution in [0.5, 0.6) is 11.5 Å². The van der Waals surface area contributed by atoms with Crippen LogP contribution in [0.2, 0.25) is 0 Å². The Bertz CT molecular complexity index is 949. The van der Waals surface area contributed by atoms with Gasteiger partial charge in [-0.05, 0) is 30.5 Å². The van der Waals surface area contributed by atoms with E-state index in [-0.39, 0.29) is 18.8 Å². The summed E-state index contributed by atoms with van der Waals surface area (Å²) < 4.78 is 16.7. The van der Waals surface area contributed by atoms with E-state index in [0.29, 0.717) is 31.1 Å². The first kappa shape index (κ1) is 18.2. The number of hydrogen-bond acceptors (Lipinski definition) is 7. The highest BCUT2D eigenvalue weighted by Gasteiger charge is 2.29. The van der Waals surface area contributed by atoms with Crippen molar-refractivity contribution in [3.63, 3.8) is 0 Å². The van der Waals surface area contributed by atoms with E-state index in [9.17, 15) is 4.79 Å². The topological polar surface area (TPSA) is 85.8 Å². The number of nitrogens with one attached hydrogen (secondary N) is 1. The summed E-state index contributed by atoms with van der Waals surface area (Å²) in [6, 6.07) is 5.84. The van der Waals surface area contributed by atoms with Crippen LogP contribution >= 0.6 is 0 Å². The first-order chi connectivity index (χ1) is 14.2. The number of hydrogen-bond donors (Lipinski definition) is 1. The van der Waals surface area contributed by atoms with Gasteiger partial charge in [-0.25, -0.2) is 9.97 Å². The van der Waals surface area contributed by atoms with Gasteiger partial charge in [0, 0.05) is 31.6 Å². The minimum Gasteiger partial charge on any atom is -0.454 e. The van der Waals surface area contributed by atoms with Crippen LogP contribution in [0.15, 0.2) is 18.2 Å². The molecule has 3 aliphatic rings. The first-order valence-electron chi connectivity index (χ1n) is 10.1. The molecule has 1 aromatic carbocycles. The molecular formula is C21H24N4O4. The van der Waals surface area contributed by atoms with E-state index in [0.717, 1.165) is 54.4 Å². The molecule has 8 nitrogen and oxygen atoms in total. The van der Waals surface area contributed by atoms with Gasteiger partial charge >= 0.3 is 0 Å². The van der Waals surface area contributed by atoms with Gasteiger partial charge in [-0.1, -0.05) is 13.0 Å². The number of anilines is 1. The van der Waals surface area contributed by atoms with Gasteiger partial charge in [-0.15, -0.1) is 0 Å². The molecule has 0 saturated carbocycles. The Morgan fingerprint density at radius 1 is 1.24 bits per heavy atom. The minimum atomic E-state index is -0.123. The largest absolute Gasteiger partial charge is 0.454 e. The summed E-state index contributed by atoms with van der Waals surface area (Å²) in [4.78, 5) is 24.3. The van der Waals surface area contributed by atoms with Gasteiger partial charge in [0.1, 0.15) is 17.3 Å². The summed E-state index contributed by atoms with van der Waals surface area (Å²) >= 11 is 0. The Morgan fingerprint density at radius 2 is 2.14 bits per heavy atom. The number of fused-ring (bicyclic) bond motifs is 2. The maximum Gasteiger partial charge on any atom is 0.270 e. The summed E-state index contributed by atoms with van der Waals surface area (Å²) in [5.74, 6) is 2.87. The van der Waals surface area contributed by atoms with Crippen molar-refractivity contribution < 1.29 is 19.0 Å². The number of ether oxygens (including phenoxy) is 3. The van der Waals surface area contributed by atoms with Crippen LogP contribution in [-0.4, -0.2) is 55.0 Å². The fraction of sp³-hybridized carbons (Fsp3) is 0.476. The zero-order chi connectivity index (χ0) is 19.8. The Morgan fingerprint density at radius 3 is 3.03 bits per heavy atom. The molecule has 1 unspecified atom stereocenters. The number of morpholine rings is 1. The maximum absolute atomic E-state index is 12.5. The summed E-state index contributed by atoms with van der Waals surface area (Å²) in [5.41, 5.74) is 2.46. The molecule has 29 heavy (non-hydrogen) atoms. The molecular weight excluding hydrogens is 372 g/mol. The Labute approximate surface area is 169 Å². The zero-order valence-electron chi connectivity index (χ0n) is 16.4. The average Bonchev–Trinajstić information content (AvgIpc) is 3.22. The molecule has 1 fully saturated rings. The summed E-state index contributed by atoms with van der Waals surface area (Å²) in [6.07, 6.45) is 2.40. The summed E-state index contributed by atoms with van der Waals surface area (Å²) in [5, 5.41) is 2.90. The lowest BCUT2D eigenvalue weighted by Crippen LogP contribution is -2.44. The highest BCUT2D eigenvalue weighted by molar-refractivity contribution is 5.96. The molecule has 1 saturated heterocycles. The summed E-state index contributed by atoms with van der Waals surface area (Å²) in [6.45, 7) is 5.21. The lowest BCUT2D eigenvalue weighted by molar-refractivity contribution is 0.0381. The lowest BCUT2D eigenvalue weighted by Gasteiger charge is -2.35. The van der Waals surface area contributed by atoms with Crippen molar-refractivity contribution in [2.24, 2.45) is 0 Å². The molecule has 152 valence electrons. The predicted octanol–water partition coefficient (Wildman–Crippen LogP) is 1.70. The Hall–Kier alpha value is -2.87. The van der Waals surface area contributed by atoms with E-state index in [2.05, 4.69) is 22.1 Å². The fourth-order valence-electron chi connectivity index (χ4n) is 4.05. The van der Waals surface area contributed by atoms with E-state index in [1.807, 2.05) is 18.2 Å². The highest BCUT2D eigenvalue weighted by atomic mass is 16.7. The second kappa shape index (κ2) is 7.51. The second-order valence-corrected chi connectivity index (χ2v) is 7.51. The van der Waals surface area contributed by atoms with E-state index < -0.39 is 0 Å². The number of carbonyl (C=O) groups is 1. The number of benzene rings is 1. The molecule has 2 aromatic rings. The van der Waals surface area contributed by atoms with E-state index in [1.54, 1.807) is 0 Å². The van der Waals surface area contributed by atoms with Crippen LogP contribution in [-0.2, 0) is 17.6 Å². The van der Waals surface area contributed by atoms with Crippen molar-refractivity contribution in [3.8, 4) is 11.5 Å². The van der Waals surface area contributed by atoms with E-state index in [1.165, 1.54) is 0 Å². The number of carbonyl (C=O) groups excluding carboxylic acids is 1. The maximum atomic E-state index is 12.5. The van der Waals surface area contributed by atoms with Crippen molar-refractivity contribution >= 4 is 11.7 Å². The van der Waals surface area contributed by atoms with Gasteiger partial charge in [-0.3, -0.25) is 4.79 Å². The molecule has 8 heteroatoms. The molecule has 1 amide bonds. The molecule has 0 bridgehead atoms. The number of rotatable bonds is 4. The number of nitrogens with zero attached hydrogens (tertiary/aromatic N) is 3. The predicted molar refractivity (Wildman–Crippen MR) is 106 cm³/mol. The molecule has 0 aliphatic carbocycles. The Kier molecular flexibility index (Phi) is 4.71. The number of aromatic nitrogens is 2. The molecule has 1 aromatic heterocycles. The van der Waals surface area contributed by atoms with Crippen molar-refractivity contribution in [2.75, 3.05) is 37.9 Å². The third kappa shape index (κ3) is 3.48. The third-order valence-corrected chi connectivity index (χ3v) is 5.60. The van der Waals surface area contributed by atoms with Gasteiger partial charge in [0.15, 0.2) is 11.5 Å². The van der Waals surface area contributed by atoms with Gasteiger partial charge in [0.25, 0.3) is 5.91 Å². The molecule has 5 rings (SSSR count). The van der Waals surface area contributed by atoms with Gasteiger partial charge in [0.2, 0.25) is 6.79 Å². The monoisotopic (exact) mass is 396 g/mol. The van der Waals surface area contributed by atoms with Crippen LogP contribution in [0.1, 0.15) is 40.8 Å². The van der Waals surface area contributed by atoms with Crippen LogP contribution in [0.4, 0.5) is 5.82 Å². The quantitative estimate of drug-likeness (QED) is 0.842. The standard InChI is InChI=1S/C21H24N4O4/c1-2-14-11-25(7-8-27-14)20-15-5-6-22-21(26)19(15)23-18(24-20)10-13-3-4-16-17(9-13)29-12-28-16/h3-4,9,14H,2,5-8,10-12H2,1H3,(H,22,26). The third-order valence-electron chi connectivity index (χ3n) is 5.60. The van der Waals surface area contributed by atoms with Crippen molar-refractivity contribution in [3.05, 3.63) is 40.8 Å². The molecule has 3 aliphatic heterocycles. The average molecular weight is 396 g/mol. The fourth-order valence-corrected chi connectivity index (χ4v) is 4.05. The van der Waals surface area contributed by atoms with Crippen molar-refractivity contribution in [2.45, 2.75) is 32.3 Å². The van der Waals surface area contributed by atoms with E-state index >= 15 is 0 Å². The van der Waals surface area contributed by atoms with Gasteiger partial charge in [0.05, 0.1) is 12.7 Å². The molecule has 0 radical (unpaired) electrons. The number of amides is 1. The normalized spacial score (nSPS) is 20.4. The minimum absolute atomic E-state index is 0.123. The van der Waals surface area contributed by atoms with Gasteiger partial charge in [-0.2, -0.15) is 0 Å². The summed E-state index contributed by atoms with van der Waals surface area (Å²) in [7, 11) is 0. The molecule has 4 heterocycles.